The number of hydrogen-bond acceptors (Lipinski definition) is 4. The second-order valence-corrected chi connectivity index (χ2v) is 7.69. The summed E-state index contributed by atoms with van der Waals surface area (Å²) < 4.78 is 5.98. The van der Waals surface area contributed by atoms with Crippen LogP contribution in [0.1, 0.15) is 48.9 Å². The molecule has 1 aliphatic rings. The van der Waals surface area contributed by atoms with Gasteiger partial charge in [0.2, 0.25) is 0 Å². The van der Waals surface area contributed by atoms with Crippen molar-refractivity contribution in [3.63, 3.8) is 0 Å². The van der Waals surface area contributed by atoms with E-state index in [1.54, 1.807) is 11.3 Å². The smallest absolute Gasteiger partial charge is 0.190 e. The molecule has 0 aromatic carbocycles. The number of hydrogen-bond donors (Lipinski definition) is 2. The van der Waals surface area contributed by atoms with E-state index < -0.39 is 0 Å². The molecular formula is C18H33IN4OS. The van der Waals surface area contributed by atoms with Crippen molar-refractivity contribution in [3.8, 4) is 0 Å². The summed E-state index contributed by atoms with van der Waals surface area (Å²) in [6, 6.07) is 0. The summed E-state index contributed by atoms with van der Waals surface area (Å²) in [5.74, 6) is 1.61. The van der Waals surface area contributed by atoms with Gasteiger partial charge in [0, 0.05) is 44.2 Å². The van der Waals surface area contributed by atoms with E-state index in [4.69, 9.17) is 4.74 Å². The van der Waals surface area contributed by atoms with E-state index in [-0.39, 0.29) is 24.0 Å². The van der Waals surface area contributed by atoms with E-state index in [1.807, 2.05) is 13.2 Å². The number of rotatable bonds is 9. The minimum atomic E-state index is 0. The van der Waals surface area contributed by atoms with Gasteiger partial charge in [-0.05, 0) is 39.0 Å². The summed E-state index contributed by atoms with van der Waals surface area (Å²) in [4.78, 5) is 9.96. The molecule has 0 bridgehead atoms. The molecule has 1 aliphatic carbocycles. The molecular weight excluding hydrogens is 447 g/mol. The van der Waals surface area contributed by atoms with Crippen molar-refractivity contribution in [1.82, 2.24) is 15.6 Å². The van der Waals surface area contributed by atoms with E-state index in [1.165, 1.54) is 35.6 Å². The first-order chi connectivity index (χ1) is 11.7. The number of ether oxygens (including phenoxy) is 1. The van der Waals surface area contributed by atoms with E-state index in [9.17, 15) is 0 Å². The van der Waals surface area contributed by atoms with Gasteiger partial charge < -0.3 is 15.4 Å². The van der Waals surface area contributed by atoms with E-state index in [0.717, 1.165) is 44.4 Å². The number of nitrogens with one attached hydrogen (secondary N) is 2. The maximum Gasteiger partial charge on any atom is 0.190 e. The Hall–Kier alpha value is -0.410. The van der Waals surface area contributed by atoms with Crippen molar-refractivity contribution in [2.24, 2.45) is 10.9 Å². The van der Waals surface area contributed by atoms with Crippen LogP contribution in [-0.2, 0) is 11.2 Å². The van der Waals surface area contributed by atoms with Crippen molar-refractivity contribution in [1.29, 1.82) is 0 Å². The lowest BCUT2D eigenvalue weighted by atomic mass is 9.98. The molecule has 1 aromatic rings. The zero-order valence-corrected chi connectivity index (χ0v) is 18.9. The van der Waals surface area contributed by atoms with Gasteiger partial charge in [0.15, 0.2) is 5.96 Å². The Morgan fingerprint density at radius 3 is 2.68 bits per heavy atom. The topological polar surface area (TPSA) is 58.5 Å². The van der Waals surface area contributed by atoms with Crippen LogP contribution in [0.2, 0.25) is 0 Å². The van der Waals surface area contributed by atoms with E-state index in [0.29, 0.717) is 6.10 Å². The zero-order valence-electron chi connectivity index (χ0n) is 15.7. The summed E-state index contributed by atoms with van der Waals surface area (Å²) in [6.45, 7) is 6.74. The molecule has 1 saturated carbocycles. The molecule has 2 N–H and O–H groups in total. The molecule has 144 valence electrons. The first-order valence-electron chi connectivity index (χ1n) is 9.20. The fourth-order valence-electron chi connectivity index (χ4n) is 3.36. The number of aryl methyl sites for hydroxylation is 1. The van der Waals surface area contributed by atoms with Gasteiger partial charge in [-0.3, -0.25) is 4.99 Å². The standard InChI is InChI=1S/C18H32N4OS.HI/c1-4-23-16(15-7-5-6-8-15)9-11-20-18(19-3)21-12-10-17-22-13-14(2)24-17;/h13,15-16H,4-12H2,1-3H3,(H2,19,20,21);1H. The predicted molar refractivity (Wildman–Crippen MR) is 117 cm³/mol. The first kappa shape index (κ1) is 22.6. The van der Waals surface area contributed by atoms with Gasteiger partial charge in [-0.15, -0.1) is 35.3 Å². The Kier molecular flexibility index (Phi) is 11.6. The van der Waals surface area contributed by atoms with Gasteiger partial charge in [0.05, 0.1) is 11.1 Å². The molecule has 1 heterocycles. The Balaban J connectivity index is 0.00000312. The molecule has 0 saturated heterocycles. The summed E-state index contributed by atoms with van der Waals surface area (Å²) in [5.41, 5.74) is 0. The van der Waals surface area contributed by atoms with Crippen LogP contribution < -0.4 is 10.6 Å². The summed E-state index contributed by atoms with van der Waals surface area (Å²) >= 11 is 1.76. The quantitative estimate of drug-likeness (QED) is 0.321. The lowest BCUT2D eigenvalue weighted by Gasteiger charge is -2.24. The highest BCUT2D eigenvalue weighted by Gasteiger charge is 2.25. The van der Waals surface area contributed by atoms with Crippen LogP contribution in [-0.4, -0.2) is 43.8 Å². The van der Waals surface area contributed by atoms with Gasteiger partial charge in [-0.2, -0.15) is 0 Å². The van der Waals surface area contributed by atoms with E-state index >= 15 is 0 Å². The fourth-order valence-corrected chi connectivity index (χ4v) is 4.14. The number of aliphatic imine (C=N–C) groups is 1. The highest BCUT2D eigenvalue weighted by Crippen LogP contribution is 2.30. The molecule has 0 amide bonds. The van der Waals surface area contributed by atoms with Gasteiger partial charge in [-0.25, -0.2) is 4.98 Å². The SMILES string of the molecule is CCOC(CCNC(=NC)NCCc1ncc(C)s1)C1CCCC1.I. The molecule has 1 aromatic heterocycles. The van der Waals surface area contributed by atoms with Crippen molar-refractivity contribution < 1.29 is 4.74 Å². The van der Waals surface area contributed by atoms with Crippen LogP contribution in [0.4, 0.5) is 0 Å². The number of aromatic nitrogens is 1. The summed E-state index contributed by atoms with van der Waals surface area (Å²) in [6.07, 6.45) is 9.68. The van der Waals surface area contributed by atoms with Crippen LogP contribution in [0.5, 0.6) is 0 Å². The number of nitrogens with zero attached hydrogens (tertiary/aromatic N) is 2. The van der Waals surface area contributed by atoms with Crippen LogP contribution in [0.25, 0.3) is 0 Å². The number of thiazole rings is 1. The lowest BCUT2D eigenvalue weighted by molar-refractivity contribution is 0.0169. The Morgan fingerprint density at radius 1 is 1.36 bits per heavy atom. The van der Waals surface area contributed by atoms with Crippen molar-refractivity contribution in [2.45, 2.75) is 58.5 Å². The lowest BCUT2D eigenvalue weighted by Crippen LogP contribution is -2.40. The third-order valence-corrected chi connectivity index (χ3v) is 5.52. The van der Waals surface area contributed by atoms with Crippen molar-refractivity contribution in [3.05, 3.63) is 16.1 Å². The van der Waals surface area contributed by atoms with Gasteiger partial charge in [0.25, 0.3) is 0 Å². The molecule has 7 heteroatoms. The normalized spacial score (nSPS) is 16.5. The number of guanidine groups is 1. The molecule has 0 spiro atoms. The highest BCUT2D eigenvalue weighted by atomic mass is 127. The predicted octanol–water partition coefficient (Wildman–Crippen LogP) is 3.76. The second kappa shape index (κ2) is 12.9. The molecule has 25 heavy (non-hydrogen) atoms. The molecule has 1 atom stereocenters. The third-order valence-electron chi connectivity index (χ3n) is 4.55. The number of halogens is 1. The summed E-state index contributed by atoms with van der Waals surface area (Å²) in [7, 11) is 1.82. The Labute approximate surface area is 173 Å². The van der Waals surface area contributed by atoms with Gasteiger partial charge >= 0.3 is 0 Å². The monoisotopic (exact) mass is 480 g/mol. The molecule has 1 fully saturated rings. The minimum absolute atomic E-state index is 0. The average molecular weight is 480 g/mol. The first-order valence-corrected chi connectivity index (χ1v) is 10.0. The zero-order chi connectivity index (χ0) is 17.2. The average Bonchev–Trinajstić information content (AvgIpc) is 3.24. The second-order valence-electron chi connectivity index (χ2n) is 6.37. The molecule has 5 nitrogen and oxygen atoms in total. The Morgan fingerprint density at radius 2 is 2.08 bits per heavy atom. The van der Waals surface area contributed by atoms with Crippen molar-refractivity contribution >= 4 is 41.3 Å². The molecule has 0 aliphatic heterocycles. The maximum atomic E-state index is 5.98. The van der Waals surface area contributed by atoms with Crippen LogP contribution >= 0.6 is 35.3 Å². The summed E-state index contributed by atoms with van der Waals surface area (Å²) in [5, 5.41) is 7.96. The van der Waals surface area contributed by atoms with Gasteiger partial charge in [0.1, 0.15) is 0 Å². The van der Waals surface area contributed by atoms with Crippen LogP contribution in [0.3, 0.4) is 0 Å². The molecule has 1 unspecified atom stereocenters. The minimum Gasteiger partial charge on any atom is -0.378 e. The molecule has 0 radical (unpaired) electrons. The Bertz CT molecular complexity index is 503. The van der Waals surface area contributed by atoms with E-state index in [2.05, 4.69) is 34.5 Å². The molecule has 2 rings (SSSR count). The maximum absolute atomic E-state index is 5.98. The largest absolute Gasteiger partial charge is 0.378 e. The fraction of sp³-hybridized carbons (Fsp3) is 0.778. The van der Waals surface area contributed by atoms with Gasteiger partial charge in [-0.1, -0.05) is 12.8 Å². The van der Waals surface area contributed by atoms with Crippen LogP contribution in [0, 0.1) is 12.8 Å². The van der Waals surface area contributed by atoms with Crippen LogP contribution in [0.15, 0.2) is 11.2 Å². The third kappa shape index (κ3) is 8.21. The highest BCUT2D eigenvalue weighted by molar-refractivity contribution is 14.0. The van der Waals surface area contributed by atoms with Crippen molar-refractivity contribution in [2.75, 3.05) is 26.7 Å².